The number of carboxylic acids is 1. The van der Waals surface area contributed by atoms with Crippen molar-refractivity contribution in [3.63, 3.8) is 0 Å². The molecule has 0 saturated carbocycles. The summed E-state index contributed by atoms with van der Waals surface area (Å²) < 4.78 is 0. The molecule has 1 aromatic rings. The summed E-state index contributed by atoms with van der Waals surface area (Å²) in [4.78, 5) is 10.8. The van der Waals surface area contributed by atoms with Gasteiger partial charge in [0.2, 0.25) is 0 Å². The van der Waals surface area contributed by atoms with Crippen molar-refractivity contribution in [2.24, 2.45) is 0 Å². The molecule has 70 valence electrons. The fraction of sp³-hybridized carbons (Fsp3) is 0.300. The predicted octanol–water partition coefficient (Wildman–Crippen LogP) is 1.95. The standard InChI is InChI=1S/C10H13O2P/c1-10(13,9(11)12)7-8-5-3-2-4-6-8/h2-6H,7,13H2,1H3,(H,11,12). The van der Waals surface area contributed by atoms with E-state index in [-0.39, 0.29) is 0 Å². The van der Waals surface area contributed by atoms with Crippen molar-refractivity contribution in [1.82, 2.24) is 0 Å². The predicted molar refractivity (Wildman–Crippen MR) is 55.9 cm³/mol. The SMILES string of the molecule is CC(P)(Cc1ccccc1)C(=O)O. The first kappa shape index (κ1) is 10.2. The first-order valence-electron chi connectivity index (χ1n) is 4.08. The van der Waals surface area contributed by atoms with Gasteiger partial charge >= 0.3 is 5.97 Å². The summed E-state index contributed by atoms with van der Waals surface area (Å²) in [6.07, 6.45) is 0.536. The molecule has 0 aliphatic carbocycles. The Labute approximate surface area is 80.2 Å². The molecule has 1 rings (SSSR count). The van der Waals surface area contributed by atoms with Crippen LogP contribution < -0.4 is 0 Å². The van der Waals surface area contributed by atoms with Crippen LogP contribution in [-0.2, 0) is 11.2 Å². The molecule has 0 spiro atoms. The molecular weight excluding hydrogens is 183 g/mol. The van der Waals surface area contributed by atoms with E-state index in [1.165, 1.54) is 0 Å². The molecule has 0 aliphatic heterocycles. The third kappa shape index (κ3) is 2.82. The summed E-state index contributed by atoms with van der Waals surface area (Å²) in [5.74, 6) is -0.790. The van der Waals surface area contributed by atoms with Crippen LogP contribution >= 0.6 is 9.24 Å². The number of carboxylic acid groups (broad SMARTS) is 1. The summed E-state index contributed by atoms with van der Waals surface area (Å²) >= 11 is 0. The van der Waals surface area contributed by atoms with Crippen LogP contribution in [0.4, 0.5) is 0 Å². The molecule has 0 amide bonds. The molecule has 0 fully saturated rings. The van der Waals surface area contributed by atoms with Crippen LogP contribution in [0.15, 0.2) is 30.3 Å². The summed E-state index contributed by atoms with van der Waals surface area (Å²) in [7, 11) is 2.38. The zero-order valence-electron chi connectivity index (χ0n) is 7.53. The fourth-order valence-electron chi connectivity index (χ4n) is 1.10. The monoisotopic (exact) mass is 196 g/mol. The van der Waals surface area contributed by atoms with E-state index in [4.69, 9.17) is 5.11 Å². The van der Waals surface area contributed by atoms with Crippen molar-refractivity contribution < 1.29 is 9.90 Å². The first-order valence-corrected chi connectivity index (χ1v) is 4.66. The molecule has 0 heterocycles. The summed E-state index contributed by atoms with van der Waals surface area (Å²) in [5, 5.41) is 8.12. The highest BCUT2D eigenvalue weighted by atomic mass is 31.0. The van der Waals surface area contributed by atoms with Crippen LogP contribution in [0.5, 0.6) is 0 Å². The lowest BCUT2D eigenvalue weighted by atomic mass is 10.0. The van der Waals surface area contributed by atoms with Gasteiger partial charge in [-0.2, -0.15) is 0 Å². The number of aliphatic carboxylic acids is 1. The van der Waals surface area contributed by atoms with Gasteiger partial charge in [0, 0.05) is 0 Å². The maximum atomic E-state index is 10.8. The Morgan fingerprint density at radius 3 is 2.46 bits per heavy atom. The van der Waals surface area contributed by atoms with Crippen molar-refractivity contribution >= 4 is 15.2 Å². The van der Waals surface area contributed by atoms with E-state index in [0.29, 0.717) is 6.42 Å². The Hall–Kier alpha value is -0.880. The first-order chi connectivity index (χ1) is 6.02. The molecule has 0 saturated heterocycles. The zero-order chi connectivity index (χ0) is 9.90. The molecule has 1 N–H and O–H groups in total. The molecule has 0 bridgehead atoms. The maximum Gasteiger partial charge on any atom is 0.313 e. The molecular formula is C10H13O2P. The van der Waals surface area contributed by atoms with Gasteiger partial charge in [-0.25, -0.2) is 0 Å². The number of benzene rings is 1. The van der Waals surface area contributed by atoms with Crippen LogP contribution in [-0.4, -0.2) is 16.2 Å². The van der Waals surface area contributed by atoms with E-state index in [1.807, 2.05) is 30.3 Å². The van der Waals surface area contributed by atoms with Gasteiger partial charge in [-0.3, -0.25) is 4.79 Å². The Morgan fingerprint density at radius 1 is 1.46 bits per heavy atom. The van der Waals surface area contributed by atoms with Gasteiger partial charge in [0.15, 0.2) is 0 Å². The van der Waals surface area contributed by atoms with Crippen molar-refractivity contribution in [2.45, 2.75) is 18.5 Å². The Bertz CT molecular complexity index is 293. The van der Waals surface area contributed by atoms with Gasteiger partial charge < -0.3 is 5.11 Å². The second-order valence-electron chi connectivity index (χ2n) is 3.38. The molecule has 3 heteroatoms. The highest BCUT2D eigenvalue weighted by Gasteiger charge is 2.27. The average Bonchev–Trinajstić information content (AvgIpc) is 2.05. The van der Waals surface area contributed by atoms with Crippen molar-refractivity contribution in [2.75, 3.05) is 0 Å². The Kier molecular flexibility index (Phi) is 3.05. The van der Waals surface area contributed by atoms with Crippen molar-refractivity contribution in [3.8, 4) is 0 Å². The number of rotatable bonds is 3. The third-order valence-electron chi connectivity index (χ3n) is 1.90. The van der Waals surface area contributed by atoms with E-state index in [0.717, 1.165) is 5.56 Å². The molecule has 13 heavy (non-hydrogen) atoms. The minimum Gasteiger partial charge on any atom is -0.481 e. The zero-order valence-corrected chi connectivity index (χ0v) is 8.68. The smallest absolute Gasteiger partial charge is 0.313 e. The van der Waals surface area contributed by atoms with Gasteiger partial charge in [0.05, 0.1) is 5.16 Å². The van der Waals surface area contributed by atoms with Crippen LogP contribution in [0.25, 0.3) is 0 Å². The lowest BCUT2D eigenvalue weighted by molar-refractivity contribution is -0.139. The van der Waals surface area contributed by atoms with Crippen LogP contribution in [0.3, 0.4) is 0 Å². The van der Waals surface area contributed by atoms with E-state index < -0.39 is 11.1 Å². The van der Waals surface area contributed by atoms with Gasteiger partial charge in [-0.15, -0.1) is 9.24 Å². The van der Waals surface area contributed by atoms with Crippen LogP contribution in [0, 0.1) is 0 Å². The lowest BCUT2D eigenvalue weighted by Gasteiger charge is -2.18. The topological polar surface area (TPSA) is 37.3 Å². The Balaban J connectivity index is 2.75. The Morgan fingerprint density at radius 2 is 2.00 bits per heavy atom. The largest absolute Gasteiger partial charge is 0.481 e. The average molecular weight is 196 g/mol. The summed E-state index contributed by atoms with van der Waals surface area (Å²) in [6.45, 7) is 1.70. The van der Waals surface area contributed by atoms with Gasteiger partial charge in [-0.1, -0.05) is 30.3 Å². The van der Waals surface area contributed by atoms with Gasteiger partial charge in [0.25, 0.3) is 0 Å². The highest BCUT2D eigenvalue weighted by molar-refractivity contribution is 7.20. The lowest BCUT2D eigenvalue weighted by Crippen LogP contribution is -2.30. The van der Waals surface area contributed by atoms with Crippen molar-refractivity contribution in [3.05, 3.63) is 35.9 Å². The quantitative estimate of drug-likeness (QED) is 0.750. The highest BCUT2D eigenvalue weighted by Crippen LogP contribution is 2.23. The van der Waals surface area contributed by atoms with Gasteiger partial charge in [-0.05, 0) is 18.9 Å². The van der Waals surface area contributed by atoms with Gasteiger partial charge in [0.1, 0.15) is 0 Å². The number of hydrogen-bond acceptors (Lipinski definition) is 1. The third-order valence-corrected chi connectivity index (χ3v) is 2.35. The minimum atomic E-state index is -0.790. The molecule has 0 aromatic heterocycles. The molecule has 0 aliphatic rings. The molecule has 2 unspecified atom stereocenters. The molecule has 2 atom stereocenters. The van der Waals surface area contributed by atoms with E-state index in [1.54, 1.807) is 6.92 Å². The number of carbonyl (C=O) groups is 1. The van der Waals surface area contributed by atoms with E-state index >= 15 is 0 Å². The van der Waals surface area contributed by atoms with Crippen LogP contribution in [0.1, 0.15) is 12.5 Å². The minimum absolute atomic E-state index is 0.536. The molecule has 0 radical (unpaired) electrons. The summed E-state index contributed by atoms with van der Waals surface area (Å²) in [6, 6.07) is 9.62. The second kappa shape index (κ2) is 3.89. The van der Waals surface area contributed by atoms with E-state index in [2.05, 4.69) is 9.24 Å². The van der Waals surface area contributed by atoms with Crippen LogP contribution in [0.2, 0.25) is 0 Å². The van der Waals surface area contributed by atoms with E-state index in [9.17, 15) is 4.79 Å². The summed E-state index contributed by atoms with van der Waals surface area (Å²) in [5.41, 5.74) is 1.04. The molecule has 2 nitrogen and oxygen atoms in total. The van der Waals surface area contributed by atoms with Crippen molar-refractivity contribution in [1.29, 1.82) is 0 Å². The molecule has 1 aromatic carbocycles. The maximum absolute atomic E-state index is 10.8. The second-order valence-corrected chi connectivity index (χ2v) is 4.66. The number of hydrogen-bond donors (Lipinski definition) is 1. The fourth-order valence-corrected chi connectivity index (χ4v) is 1.33. The normalized spacial score (nSPS) is 14.9.